The van der Waals surface area contributed by atoms with E-state index in [1.165, 1.54) is 18.9 Å². The molecule has 0 bridgehead atoms. The molecular weight excluding hydrogens is 333 g/mol. The number of hydrogen-bond acceptors (Lipinski definition) is 2. The molecule has 2 nitrogen and oxygen atoms in total. The molecule has 2 rings (SSSR count). The highest BCUT2D eigenvalue weighted by Crippen LogP contribution is 2.48. The Morgan fingerprint density at radius 2 is 2.10 bits per heavy atom. The van der Waals surface area contributed by atoms with E-state index in [4.69, 9.17) is 5.73 Å². The highest BCUT2D eigenvalue weighted by Gasteiger charge is 2.40. The van der Waals surface area contributed by atoms with Crippen molar-refractivity contribution in [2.45, 2.75) is 51.6 Å². The number of halogens is 2. The molecule has 0 radical (unpaired) electrons. The fourth-order valence-corrected chi connectivity index (χ4v) is 3.97. The van der Waals surface area contributed by atoms with Gasteiger partial charge in [-0.3, -0.25) is 0 Å². The van der Waals surface area contributed by atoms with Gasteiger partial charge in [-0.05, 0) is 65.2 Å². The molecule has 1 aromatic rings. The molecule has 1 fully saturated rings. The summed E-state index contributed by atoms with van der Waals surface area (Å²) in [5.74, 6) is 0.459. The molecule has 118 valence electrons. The largest absolute Gasteiger partial charge is 0.388 e. The van der Waals surface area contributed by atoms with Crippen LogP contribution in [-0.2, 0) is 0 Å². The topological polar surface area (TPSA) is 46.2 Å². The SMILES string of the molecule is CCCC1CCC(CN)(C(O)c2ccc(F)c(Br)c2)CC1. The van der Waals surface area contributed by atoms with Crippen molar-refractivity contribution in [3.05, 3.63) is 34.1 Å². The average molecular weight is 358 g/mol. The van der Waals surface area contributed by atoms with Gasteiger partial charge in [0, 0.05) is 12.0 Å². The Kier molecular flexibility index (Phi) is 5.81. The van der Waals surface area contributed by atoms with Gasteiger partial charge in [-0.25, -0.2) is 4.39 Å². The van der Waals surface area contributed by atoms with E-state index >= 15 is 0 Å². The Labute approximate surface area is 135 Å². The highest BCUT2D eigenvalue weighted by molar-refractivity contribution is 9.10. The van der Waals surface area contributed by atoms with Gasteiger partial charge in [-0.15, -0.1) is 0 Å². The quantitative estimate of drug-likeness (QED) is 0.811. The van der Waals surface area contributed by atoms with Crippen molar-refractivity contribution in [3.8, 4) is 0 Å². The first-order valence-corrected chi connectivity index (χ1v) is 8.65. The molecule has 1 atom stereocenters. The smallest absolute Gasteiger partial charge is 0.137 e. The van der Waals surface area contributed by atoms with Crippen LogP contribution in [-0.4, -0.2) is 11.7 Å². The zero-order valence-electron chi connectivity index (χ0n) is 12.6. The summed E-state index contributed by atoms with van der Waals surface area (Å²) in [6, 6.07) is 4.74. The molecule has 3 N–H and O–H groups in total. The van der Waals surface area contributed by atoms with E-state index in [1.54, 1.807) is 12.1 Å². The Hall–Kier alpha value is -0.450. The van der Waals surface area contributed by atoms with E-state index in [0.29, 0.717) is 11.0 Å². The monoisotopic (exact) mass is 357 g/mol. The third kappa shape index (κ3) is 3.66. The fraction of sp³-hybridized carbons (Fsp3) is 0.647. The molecule has 21 heavy (non-hydrogen) atoms. The third-order valence-electron chi connectivity index (χ3n) is 5.04. The maximum atomic E-state index is 13.4. The summed E-state index contributed by atoms with van der Waals surface area (Å²) in [4.78, 5) is 0. The molecule has 0 aliphatic heterocycles. The van der Waals surface area contributed by atoms with Gasteiger partial charge in [0.2, 0.25) is 0 Å². The first-order valence-electron chi connectivity index (χ1n) is 7.85. The zero-order valence-corrected chi connectivity index (χ0v) is 14.2. The summed E-state index contributed by atoms with van der Waals surface area (Å²) >= 11 is 3.19. The number of rotatable bonds is 5. The molecule has 0 amide bonds. The summed E-state index contributed by atoms with van der Waals surface area (Å²) < 4.78 is 13.8. The van der Waals surface area contributed by atoms with Gasteiger partial charge in [-0.2, -0.15) is 0 Å². The average Bonchev–Trinajstić information content (AvgIpc) is 2.51. The van der Waals surface area contributed by atoms with Crippen molar-refractivity contribution >= 4 is 15.9 Å². The van der Waals surface area contributed by atoms with Gasteiger partial charge in [-0.1, -0.05) is 25.8 Å². The maximum Gasteiger partial charge on any atom is 0.137 e. The highest BCUT2D eigenvalue weighted by atomic mass is 79.9. The van der Waals surface area contributed by atoms with Crippen LogP contribution in [0.15, 0.2) is 22.7 Å². The molecular formula is C17H25BrFNO. The fourth-order valence-electron chi connectivity index (χ4n) is 3.57. The van der Waals surface area contributed by atoms with Crippen LogP contribution in [0.4, 0.5) is 4.39 Å². The number of nitrogens with two attached hydrogens (primary N) is 1. The van der Waals surface area contributed by atoms with Crippen LogP contribution in [0.5, 0.6) is 0 Å². The van der Waals surface area contributed by atoms with Crippen molar-refractivity contribution in [3.63, 3.8) is 0 Å². The molecule has 1 aliphatic rings. The van der Waals surface area contributed by atoms with Crippen LogP contribution in [0.2, 0.25) is 0 Å². The van der Waals surface area contributed by atoms with Crippen LogP contribution in [0, 0.1) is 17.2 Å². The minimum Gasteiger partial charge on any atom is -0.388 e. The Morgan fingerprint density at radius 3 is 2.62 bits per heavy atom. The van der Waals surface area contributed by atoms with Crippen molar-refractivity contribution < 1.29 is 9.50 Å². The van der Waals surface area contributed by atoms with E-state index in [1.807, 2.05) is 0 Å². The maximum absolute atomic E-state index is 13.4. The van der Waals surface area contributed by atoms with E-state index in [0.717, 1.165) is 37.2 Å². The van der Waals surface area contributed by atoms with Gasteiger partial charge in [0.05, 0.1) is 10.6 Å². The van der Waals surface area contributed by atoms with Crippen molar-refractivity contribution in [1.29, 1.82) is 0 Å². The summed E-state index contributed by atoms with van der Waals surface area (Å²) in [6.45, 7) is 2.69. The van der Waals surface area contributed by atoms with Gasteiger partial charge >= 0.3 is 0 Å². The Bertz CT molecular complexity index is 472. The van der Waals surface area contributed by atoms with E-state index in [-0.39, 0.29) is 11.2 Å². The molecule has 1 aromatic carbocycles. The van der Waals surface area contributed by atoms with Crippen LogP contribution >= 0.6 is 15.9 Å². The van der Waals surface area contributed by atoms with Crippen LogP contribution in [0.1, 0.15) is 57.1 Å². The normalized spacial score (nSPS) is 27.6. The minimum atomic E-state index is -0.623. The number of hydrogen-bond donors (Lipinski definition) is 2. The zero-order chi connectivity index (χ0) is 15.5. The summed E-state index contributed by atoms with van der Waals surface area (Å²) in [5, 5.41) is 10.8. The molecule has 1 aliphatic carbocycles. The molecule has 0 spiro atoms. The summed E-state index contributed by atoms with van der Waals surface area (Å²) in [6.07, 6.45) is 6.01. The lowest BCUT2D eigenvalue weighted by Crippen LogP contribution is -2.40. The summed E-state index contributed by atoms with van der Waals surface area (Å²) in [5.41, 5.74) is 6.51. The van der Waals surface area contributed by atoms with Gasteiger partial charge < -0.3 is 10.8 Å². The van der Waals surface area contributed by atoms with Crippen LogP contribution < -0.4 is 5.73 Å². The molecule has 0 aromatic heterocycles. The lowest BCUT2D eigenvalue weighted by atomic mass is 9.65. The molecule has 0 saturated heterocycles. The lowest BCUT2D eigenvalue weighted by molar-refractivity contribution is -0.0109. The standard InChI is InChI=1S/C17H25BrFNO/c1-2-3-12-6-8-17(11-20,9-7-12)16(21)13-4-5-15(19)14(18)10-13/h4-5,10,12,16,21H,2-3,6-9,11,20H2,1H3. The molecule has 1 saturated carbocycles. The second kappa shape index (κ2) is 7.21. The molecule has 0 heterocycles. The number of aliphatic hydroxyl groups is 1. The number of aliphatic hydroxyl groups excluding tert-OH is 1. The van der Waals surface area contributed by atoms with Gasteiger partial charge in [0.25, 0.3) is 0 Å². The van der Waals surface area contributed by atoms with E-state index in [2.05, 4.69) is 22.9 Å². The van der Waals surface area contributed by atoms with Crippen molar-refractivity contribution in [1.82, 2.24) is 0 Å². The van der Waals surface area contributed by atoms with Crippen molar-refractivity contribution in [2.75, 3.05) is 6.54 Å². The van der Waals surface area contributed by atoms with Gasteiger partial charge in [0.15, 0.2) is 0 Å². The second-order valence-electron chi connectivity index (χ2n) is 6.37. The Balaban J connectivity index is 2.15. The summed E-state index contributed by atoms with van der Waals surface area (Å²) in [7, 11) is 0. The molecule has 4 heteroatoms. The van der Waals surface area contributed by atoms with E-state index in [9.17, 15) is 9.50 Å². The predicted molar refractivity (Wildman–Crippen MR) is 87.4 cm³/mol. The minimum absolute atomic E-state index is 0.262. The van der Waals surface area contributed by atoms with Crippen molar-refractivity contribution in [2.24, 2.45) is 17.1 Å². The third-order valence-corrected chi connectivity index (χ3v) is 5.65. The van der Waals surface area contributed by atoms with Crippen LogP contribution in [0.25, 0.3) is 0 Å². The lowest BCUT2D eigenvalue weighted by Gasteiger charge is -2.43. The molecule has 1 unspecified atom stereocenters. The first-order chi connectivity index (χ1) is 10.0. The predicted octanol–water partition coefficient (Wildman–Crippen LogP) is 4.56. The van der Waals surface area contributed by atoms with E-state index < -0.39 is 6.10 Å². The first kappa shape index (κ1) is 16.9. The second-order valence-corrected chi connectivity index (χ2v) is 7.23. The number of benzene rings is 1. The van der Waals surface area contributed by atoms with Gasteiger partial charge in [0.1, 0.15) is 5.82 Å². The van der Waals surface area contributed by atoms with Crippen LogP contribution in [0.3, 0.4) is 0 Å². The Morgan fingerprint density at radius 1 is 1.43 bits per heavy atom.